The average molecular weight is 276 g/mol. The fraction of sp³-hybridized carbons (Fsp3) is 0.917. The molecular weight excluding hydrogens is 258 g/mol. The standard InChI is InChI=1S/C12H18F2N2OS/c1-11(2,3)18(17)16-10(6-15)7-4-8-9(5-7)12(8,13)14/h7-10,16H,4-5H2,1-3H3/t7?,8-,9+,10-,18+/m1/s1. The molecule has 3 nitrogen and oxygen atoms in total. The zero-order valence-electron chi connectivity index (χ0n) is 10.7. The molecular formula is C12H18F2N2OS. The van der Waals surface area contributed by atoms with E-state index >= 15 is 0 Å². The van der Waals surface area contributed by atoms with Gasteiger partial charge < -0.3 is 4.55 Å². The summed E-state index contributed by atoms with van der Waals surface area (Å²) in [4.78, 5) is 0. The molecule has 0 aromatic carbocycles. The van der Waals surface area contributed by atoms with Crippen molar-refractivity contribution in [3.05, 3.63) is 0 Å². The van der Waals surface area contributed by atoms with Crippen LogP contribution >= 0.6 is 0 Å². The first-order valence-electron chi connectivity index (χ1n) is 6.13. The molecule has 6 heteroatoms. The molecule has 2 aliphatic carbocycles. The molecule has 2 fully saturated rings. The van der Waals surface area contributed by atoms with E-state index in [-0.39, 0.29) is 5.92 Å². The Morgan fingerprint density at radius 2 is 1.89 bits per heavy atom. The van der Waals surface area contributed by atoms with Crippen LogP contribution in [0.1, 0.15) is 33.6 Å². The molecule has 1 unspecified atom stereocenters. The molecule has 0 aliphatic heterocycles. The van der Waals surface area contributed by atoms with Gasteiger partial charge in [0.1, 0.15) is 10.8 Å². The second-order valence-corrected chi connectivity index (χ2v) is 8.22. The lowest BCUT2D eigenvalue weighted by Crippen LogP contribution is -2.47. The third kappa shape index (κ3) is 2.36. The molecule has 2 rings (SSSR count). The van der Waals surface area contributed by atoms with E-state index in [0.29, 0.717) is 12.8 Å². The van der Waals surface area contributed by atoms with Crippen molar-refractivity contribution in [2.24, 2.45) is 17.8 Å². The molecule has 0 aromatic heterocycles. The van der Waals surface area contributed by atoms with Gasteiger partial charge >= 0.3 is 0 Å². The average Bonchev–Trinajstić information content (AvgIpc) is 2.68. The highest BCUT2D eigenvalue weighted by molar-refractivity contribution is 7.90. The minimum absolute atomic E-state index is 0.101. The molecule has 18 heavy (non-hydrogen) atoms. The number of alkyl halides is 2. The van der Waals surface area contributed by atoms with Crippen LogP contribution in [0.25, 0.3) is 0 Å². The molecule has 0 bridgehead atoms. The number of nitriles is 1. The van der Waals surface area contributed by atoms with Crippen molar-refractivity contribution in [2.45, 2.75) is 50.3 Å². The number of halogens is 2. The normalized spacial score (nSPS) is 36.6. The van der Waals surface area contributed by atoms with E-state index < -0.39 is 39.9 Å². The highest BCUT2D eigenvalue weighted by Crippen LogP contribution is 2.66. The Hall–Kier alpha value is -0.380. The number of rotatable bonds is 3. The Morgan fingerprint density at radius 1 is 1.39 bits per heavy atom. The number of hydrogen-bond donors (Lipinski definition) is 1. The van der Waals surface area contributed by atoms with Crippen LogP contribution in [-0.2, 0) is 11.4 Å². The molecule has 5 atom stereocenters. The Labute approximate surface area is 109 Å². The smallest absolute Gasteiger partial charge is 0.254 e. The summed E-state index contributed by atoms with van der Waals surface area (Å²) in [7, 11) is 0. The van der Waals surface area contributed by atoms with Gasteiger partial charge in [0.05, 0.1) is 6.07 Å². The van der Waals surface area contributed by atoms with Crippen LogP contribution in [0.4, 0.5) is 8.78 Å². The van der Waals surface area contributed by atoms with Crippen molar-refractivity contribution in [2.75, 3.05) is 0 Å². The molecule has 2 aliphatic rings. The first kappa shape index (κ1) is 14.0. The summed E-state index contributed by atoms with van der Waals surface area (Å²) in [5.74, 6) is -3.72. The second kappa shape index (κ2) is 4.32. The van der Waals surface area contributed by atoms with Crippen molar-refractivity contribution < 1.29 is 13.3 Å². The van der Waals surface area contributed by atoms with Gasteiger partial charge in [0.2, 0.25) is 0 Å². The van der Waals surface area contributed by atoms with Gasteiger partial charge in [-0.15, -0.1) is 4.72 Å². The molecule has 0 saturated heterocycles. The SMILES string of the molecule is CC(C)(C)[S@+]([O-])N[C@H](C#N)C1C[C@@H]2[C@H](C1)C2(F)F. The molecule has 102 valence electrons. The van der Waals surface area contributed by atoms with Gasteiger partial charge in [0, 0.05) is 23.2 Å². The Bertz CT molecular complexity index is 363. The number of nitrogens with one attached hydrogen (secondary N) is 1. The van der Waals surface area contributed by atoms with E-state index in [2.05, 4.69) is 10.8 Å². The van der Waals surface area contributed by atoms with Gasteiger partial charge in [-0.25, -0.2) is 8.78 Å². The largest absolute Gasteiger partial charge is 0.598 e. The molecule has 0 amide bonds. The summed E-state index contributed by atoms with van der Waals surface area (Å²) < 4.78 is 40.4. The van der Waals surface area contributed by atoms with E-state index in [1.165, 1.54) is 0 Å². The van der Waals surface area contributed by atoms with Gasteiger partial charge in [-0.1, -0.05) is 0 Å². The maximum atomic E-state index is 13.1. The topological polar surface area (TPSA) is 58.9 Å². The van der Waals surface area contributed by atoms with Crippen LogP contribution in [0.5, 0.6) is 0 Å². The van der Waals surface area contributed by atoms with E-state index in [9.17, 15) is 13.3 Å². The summed E-state index contributed by atoms with van der Waals surface area (Å²) in [5.41, 5.74) is 0. The molecule has 0 radical (unpaired) electrons. The second-order valence-electron chi connectivity index (χ2n) is 6.22. The van der Waals surface area contributed by atoms with E-state index in [0.717, 1.165) is 0 Å². The van der Waals surface area contributed by atoms with Crippen LogP contribution < -0.4 is 4.72 Å². The fourth-order valence-electron chi connectivity index (χ4n) is 2.64. The van der Waals surface area contributed by atoms with E-state index in [1.807, 2.05) is 20.8 Å². The van der Waals surface area contributed by atoms with Gasteiger partial charge in [-0.05, 0) is 39.5 Å². The molecule has 0 aromatic rings. The molecule has 0 spiro atoms. The van der Waals surface area contributed by atoms with Crippen molar-refractivity contribution in [3.8, 4) is 6.07 Å². The predicted molar refractivity (Wildman–Crippen MR) is 65.1 cm³/mol. The van der Waals surface area contributed by atoms with E-state index in [4.69, 9.17) is 5.26 Å². The lowest BCUT2D eigenvalue weighted by atomic mass is 9.95. The van der Waals surface area contributed by atoms with Crippen LogP contribution in [0, 0.1) is 29.1 Å². The molecule has 0 heterocycles. The summed E-state index contributed by atoms with van der Waals surface area (Å²) in [6.07, 6.45) is 0.731. The lowest BCUT2D eigenvalue weighted by Gasteiger charge is -2.28. The number of nitrogens with zero attached hydrogens (tertiary/aromatic N) is 1. The maximum Gasteiger partial charge on any atom is 0.254 e. The van der Waals surface area contributed by atoms with Gasteiger partial charge in [0.15, 0.2) is 0 Å². The first-order valence-corrected chi connectivity index (χ1v) is 7.28. The minimum atomic E-state index is -2.51. The van der Waals surface area contributed by atoms with Gasteiger partial charge in [0.25, 0.3) is 5.92 Å². The Kier molecular flexibility index (Phi) is 3.37. The van der Waals surface area contributed by atoms with Gasteiger partial charge in [-0.3, -0.25) is 0 Å². The quantitative estimate of drug-likeness (QED) is 0.804. The number of hydrogen-bond acceptors (Lipinski definition) is 3. The third-order valence-corrected chi connectivity index (χ3v) is 5.46. The van der Waals surface area contributed by atoms with Gasteiger partial charge in [-0.2, -0.15) is 5.26 Å². The zero-order chi connectivity index (χ0) is 13.7. The summed E-state index contributed by atoms with van der Waals surface area (Å²) in [5, 5.41) is 9.10. The molecule has 1 N–H and O–H groups in total. The van der Waals surface area contributed by atoms with Crippen molar-refractivity contribution in [1.82, 2.24) is 4.72 Å². The Balaban J connectivity index is 1.91. The first-order chi connectivity index (χ1) is 8.17. The van der Waals surface area contributed by atoms with Crippen molar-refractivity contribution >= 4 is 11.4 Å². The van der Waals surface area contributed by atoms with Crippen LogP contribution in [0.2, 0.25) is 0 Å². The van der Waals surface area contributed by atoms with Crippen LogP contribution in [0.15, 0.2) is 0 Å². The third-order valence-electron chi connectivity index (χ3n) is 3.88. The highest BCUT2D eigenvalue weighted by Gasteiger charge is 2.72. The summed E-state index contributed by atoms with van der Waals surface area (Å²) >= 11 is -1.34. The number of fused-ring (bicyclic) bond motifs is 1. The van der Waals surface area contributed by atoms with Crippen LogP contribution in [0.3, 0.4) is 0 Å². The van der Waals surface area contributed by atoms with E-state index in [1.54, 1.807) is 0 Å². The lowest BCUT2D eigenvalue weighted by molar-refractivity contribution is 0.0624. The monoisotopic (exact) mass is 276 g/mol. The minimum Gasteiger partial charge on any atom is -0.598 e. The highest BCUT2D eigenvalue weighted by atomic mass is 32.2. The summed E-state index contributed by atoms with van der Waals surface area (Å²) in [6.45, 7) is 5.43. The fourth-order valence-corrected chi connectivity index (χ4v) is 3.47. The maximum absolute atomic E-state index is 13.1. The van der Waals surface area contributed by atoms with Crippen LogP contribution in [-0.4, -0.2) is 21.3 Å². The Morgan fingerprint density at radius 3 is 2.28 bits per heavy atom. The van der Waals surface area contributed by atoms with Crippen molar-refractivity contribution in [1.29, 1.82) is 5.26 Å². The van der Waals surface area contributed by atoms with Crippen molar-refractivity contribution in [3.63, 3.8) is 0 Å². The summed E-state index contributed by atoms with van der Waals surface area (Å²) in [6, 6.07) is 1.48. The zero-order valence-corrected chi connectivity index (χ0v) is 11.6. The predicted octanol–water partition coefficient (Wildman–Crippen LogP) is 2.22. The molecule has 2 saturated carbocycles.